The SMILES string of the molecule is O=C(O)CCCCCCN1C(=O)CCC1C(=O)O. The molecule has 18 heavy (non-hydrogen) atoms. The fourth-order valence-electron chi connectivity index (χ4n) is 2.18. The van der Waals surface area contributed by atoms with Gasteiger partial charge < -0.3 is 15.1 Å². The molecule has 6 heteroatoms. The predicted molar refractivity (Wildman–Crippen MR) is 63.1 cm³/mol. The number of carbonyl (C=O) groups excluding carboxylic acids is 1. The zero-order valence-electron chi connectivity index (χ0n) is 10.3. The van der Waals surface area contributed by atoms with E-state index in [4.69, 9.17) is 10.2 Å². The van der Waals surface area contributed by atoms with Gasteiger partial charge in [0.25, 0.3) is 0 Å². The van der Waals surface area contributed by atoms with Crippen molar-refractivity contribution in [1.29, 1.82) is 0 Å². The van der Waals surface area contributed by atoms with Crippen molar-refractivity contribution in [2.75, 3.05) is 6.54 Å². The lowest BCUT2D eigenvalue weighted by Crippen LogP contribution is -2.39. The lowest BCUT2D eigenvalue weighted by molar-refractivity contribution is -0.146. The number of rotatable bonds is 8. The molecule has 1 aliphatic heterocycles. The average Bonchev–Trinajstić information content (AvgIpc) is 2.65. The maximum atomic E-state index is 11.5. The minimum absolute atomic E-state index is 0.0899. The summed E-state index contributed by atoms with van der Waals surface area (Å²) in [6, 6.07) is -0.670. The molecule has 1 amide bonds. The first kappa shape index (κ1) is 14.5. The van der Waals surface area contributed by atoms with Gasteiger partial charge in [-0.15, -0.1) is 0 Å². The van der Waals surface area contributed by atoms with E-state index in [0.29, 0.717) is 25.8 Å². The van der Waals surface area contributed by atoms with E-state index in [9.17, 15) is 14.4 Å². The van der Waals surface area contributed by atoms with Crippen molar-refractivity contribution in [2.45, 2.75) is 51.0 Å². The maximum absolute atomic E-state index is 11.5. The van der Waals surface area contributed by atoms with Gasteiger partial charge in [-0.25, -0.2) is 4.79 Å². The van der Waals surface area contributed by atoms with Crippen molar-refractivity contribution in [3.8, 4) is 0 Å². The number of hydrogen-bond acceptors (Lipinski definition) is 3. The van der Waals surface area contributed by atoms with Crippen molar-refractivity contribution in [2.24, 2.45) is 0 Å². The third-order valence-electron chi connectivity index (χ3n) is 3.15. The number of amides is 1. The summed E-state index contributed by atoms with van der Waals surface area (Å²) in [6.07, 6.45) is 3.86. The zero-order valence-corrected chi connectivity index (χ0v) is 10.3. The van der Waals surface area contributed by atoms with E-state index < -0.39 is 18.0 Å². The fraction of sp³-hybridized carbons (Fsp3) is 0.750. The van der Waals surface area contributed by atoms with Crippen LogP contribution in [0.25, 0.3) is 0 Å². The molecule has 0 saturated carbocycles. The highest BCUT2D eigenvalue weighted by Crippen LogP contribution is 2.19. The highest BCUT2D eigenvalue weighted by Gasteiger charge is 2.35. The van der Waals surface area contributed by atoms with E-state index >= 15 is 0 Å². The molecule has 2 N–H and O–H groups in total. The summed E-state index contributed by atoms with van der Waals surface area (Å²) in [6.45, 7) is 0.461. The second-order valence-corrected chi connectivity index (χ2v) is 4.54. The Hall–Kier alpha value is -1.59. The molecule has 1 atom stereocenters. The van der Waals surface area contributed by atoms with Gasteiger partial charge in [0.15, 0.2) is 0 Å². The maximum Gasteiger partial charge on any atom is 0.326 e. The molecule has 1 saturated heterocycles. The van der Waals surface area contributed by atoms with Crippen LogP contribution in [0.3, 0.4) is 0 Å². The van der Waals surface area contributed by atoms with Crippen LogP contribution in [0, 0.1) is 0 Å². The van der Waals surface area contributed by atoms with Crippen LogP contribution in [-0.2, 0) is 14.4 Å². The summed E-state index contributed by atoms with van der Waals surface area (Å²) in [4.78, 5) is 34.1. The molecule has 1 aliphatic rings. The van der Waals surface area contributed by atoms with Crippen LogP contribution in [0.4, 0.5) is 0 Å². The Morgan fingerprint density at radius 3 is 2.44 bits per heavy atom. The second kappa shape index (κ2) is 6.98. The molecule has 0 aromatic rings. The number of aliphatic carboxylic acids is 2. The monoisotopic (exact) mass is 257 g/mol. The molecule has 1 fully saturated rings. The Morgan fingerprint density at radius 2 is 1.83 bits per heavy atom. The van der Waals surface area contributed by atoms with Crippen LogP contribution in [-0.4, -0.2) is 45.5 Å². The Labute approximate surface area is 106 Å². The Bertz CT molecular complexity index is 328. The number of unbranched alkanes of at least 4 members (excludes halogenated alkanes) is 3. The number of nitrogens with zero attached hydrogens (tertiary/aromatic N) is 1. The van der Waals surface area contributed by atoms with Crippen molar-refractivity contribution in [3.63, 3.8) is 0 Å². The summed E-state index contributed by atoms with van der Waals surface area (Å²) in [5.74, 6) is -1.82. The largest absolute Gasteiger partial charge is 0.481 e. The first-order valence-electron chi connectivity index (χ1n) is 6.26. The Morgan fingerprint density at radius 1 is 1.17 bits per heavy atom. The van der Waals surface area contributed by atoms with Crippen LogP contribution in [0.5, 0.6) is 0 Å². The molecule has 102 valence electrons. The molecule has 0 aromatic heterocycles. The molecule has 0 bridgehead atoms. The average molecular weight is 257 g/mol. The van der Waals surface area contributed by atoms with Gasteiger partial charge in [-0.2, -0.15) is 0 Å². The van der Waals surface area contributed by atoms with Gasteiger partial charge in [-0.3, -0.25) is 9.59 Å². The molecule has 1 rings (SSSR count). The van der Waals surface area contributed by atoms with Crippen LogP contribution in [0.1, 0.15) is 44.9 Å². The molecule has 0 aromatic carbocycles. The van der Waals surface area contributed by atoms with Gasteiger partial charge in [-0.1, -0.05) is 12.8 Å². The van der Waals surface area contributed by atoms with Crippen molar-refractivity contribution >= 4 is 17.8 Å². The van der Waals surface area contributed by atoms with Gasteiger partial charge in [0, 0.05) is 19.4 Å². The number of likely N-dealkylation sites (tertiary alicyclic amines) is 1. The van der Waals surface area contributed by atoms with E-state index in [0.717, 1.165) is 19.3 Å². The Kier molecular flexibility index (Phi) is 5.61. The first-order valence-corrected chi connectivity index (χ1v) is 6.26. The van der Waals surface area contributed by atoms with Crippen LogP contribution < -0.4 is 0 Å². The van der Waals surface area contributed by atoms with Gasteiger partial charge in [0.1, 0.15) is 6.04 Å². The molecule has 0 aliphatic carbocycles. The molecule has 1 heterocycles. The zero-order chi connectivity index (χ0) is 13.5. The molecular weight excluding hydrogens is 238 g/mol. The molecule has 6 nitrogen and oxygen atoms in total. The summed E-state index contributed by atoms with van der Waals surface area (Å²) in [5, 5.41) is 17.4. The minimum Gasteiger partial charge on any atom is -0.481 e. The van der Waals surface area contributed by atoms with Crippen LogP contribution >= 0.6 is 0 Å². The minimum atomic E-state index is -0.938. The van der Waals surface area contributed by atoms with Crippen molar-refractivity contribution < 1.29 is 24.6 Å². The summed E-state index contributed by atoms with van der Waals surface area (Å²) in [5.41, 5.74) is 0. The third kappa shape index (κ3) is 4.35. The van der Waals surface area contributed by atoms with Gasteiger partial charge in [0.2, 0.25) is 5.91 Å². The highest BCUT2D eigenvalue weighted by molar-refractivity contribution is 5.87. The molecule has 1 unspecified atom stereocenters. The number of carboxylic acid groups (broad SMARTS) is 2. The summed E-state index contributed by atoms with van der Waals surface area (Å²) >= 11 is 0. The molecule has 0 spiro atoms. The second-order valence-electron chi connectivity index (χ2n) is 4.54. The van der Waals surface area contributed by atoms with Crippen LogP contribution in [0.15, 0.2) is 0 Å². The van der Waals surface area contributed by atoms with Gasteiger partial charge in [-0.05, 0) is 19.3 Å². The number of hydrogen-bond donors (Lipinski definition) is 2. The van der Waals surface area contributed by atoms with E-state index in [1.54, 1.807) is 0 Å². The van der Waals surface area contributed by atoms with E-state index in [2.05, 4.69) is 0 Å². The summed E-state index contributed by atoms with van der Waals surface area (Å²) < 4.78 is 0. The van der Waals surface area contributed by atoms with Gasteiger partial charge >= 0.3 is 11.9 Å². The lowest BCUT2D eigenvalue weighted by atomic mass is 10.1. The van der Waals surface area contributed by atoms with E-state index in [1.165, 1.54) is 4.90 Å². The standard InChI is InChI=1S/C12H19NO5/c14-10-7-6-9(12(17)18)13(10)8-4-2-1-3-5-11(15)16/h9H,1-8H2,(H,15,16)(H,17,18). The first-order chi connectivity index (χ1) is 8.52. The lowest BCUT2D eigenvalue weighted by Gasteiger charge is -2.21. The molecular formula is C12H19NO5. The predicted octanol–water partition coefficient (Wildman–Crippen LogP) is 1.10. The molecule has 0 radical (unpaired) electrons. The fourth-order valence-corrected chi connectivity index (χ4v) is 2.18. The normalized spacial score (nSPS) is 19.2. The van der Waals surface area contributed by atoms with Crippen molar-refractivity contribution in [1.82, 2.24) is 4.90 Å². The third-order valence-corrected chi connectivity index (χ3v) is 3.15. The number of carbonyl (C=O) groups is 3. The van der Waals surface area contributed by atoms with E-state index in [1.807, 2.05) is 0 Å². The van der Waals surface area contributed by atoms with Gasteiger partial charge in [0.05, 0.1) is 0 Å². The summed E-state index contributed by atoms with van der Waals surface area (Å²) in [7, 11) is 0. The number of carboxylic acids is 2. The van der Waals surface area contributed by atoms with E-state index in [-0.39, 0.29) is 12.3 Å². The smallest absolute Gasteiger partial charge is 0.326 e. The van der Waals surface area contributed by atoms with Crippen LogP contribution in [0.2, 0.25) is 0 Å². The highest BCUT2D eigenvalue weighted by atomic mass is 16.4. The Balaban J connectivity index is 2.19. The quantitative estimate of drug-likeness (QED) is 0.635. The topological polar surface area (TPSA) is 94.9 Å². The van der Waals surface area contributed by atoms with Crippen molar-refractivity contribution in [3.05, 3.63) is 0 Å².